The normalized spacial score (nSPS) is 10.9. The summed E-state index contributed by atoms with van der Waals surface area (Å²) in [5.74, 6) is 0.362. The van der Waals surface area contributed by atoms with Crippen molar-refractivity contribution in [2.75, 3.05) is 7.11 Å². The second kappa shape index (κ2) is 4.47. The molecule has 3 heterocycles. The molecule has 0 fully saturated rings. The Balaban J connectivity index is 2.18. The fourth-order valence-corrected chi connectivity index (χ4v) is 1.94. The van der Waals surface area contributed by atoms with Crippen molar-refractivity contribution in [3.8, 4) is 17.3 Å². The minimum absolute atomic E-state index is 0.193. The van der Waals surface area contributed by atoms with Crippen LogP contribution in [0.4, 0.5) is 4.39 Å². The molecule has 0 spiro atoms. The third-order valence-electron chi connectivity index (χ3n) is 2.63. The standard InChI is InChI=1S/C12H8ClFN4O/c1-19-9-5-16-12(17-11(9)13)8-4-15-10-3-2-7(14)6-18(8)10/h2-6H,1H3. The molecule has 0 unspecified atom stereocenters. The number of ether oxygens (including phenoxy) is 1. The molecule has 0 aliphatic carbocycles. The fourth-order valence-electron chi connectivity index (χ4n) is 1.73. The average Bonchev–Trinajstić information content (AvgIpc) is 2.81. The van der Waals surface area contributed by atoms with Crippen LogP contribution in [0.1, 0.15) is 0 Å². The van der Waals surface area contributed by atoms with Crippen molar-refractivity contribution in [3.05, 3.63) is 41.7 Å². The van der Waals surface area contributed by atoms with Crippen LogP contribution in [0.15, 0.2) is 30.7 Å². The van der Waals surface area contributed by atoms with E-state index in [1.807, 2.05) is 0 Å². The average molecular weight is 279 g/mol. The molecule has 0 N–H and O–H groups in total. The Bertz CT molecular complexity index is 759. The van der Waals surface area contributed by atoms with Gasteiger partial charge in [0.1, 0.15) is 17.2 Å². The van der Waals surface area contributed by atoms with Crippen molar-refractivity contribution >= 4 is 17.2 Å². The molecule has 96 valence electrons. The first-order chi connectivity index (χ1) is 9.19. The molecule has 19 heavy (non-hydrogen) atoms. The summed E-state index contributed by atoms with van der Waals surface area (Å²) in [5.41, 5.74) is 1.16. The van der Waals surface area contributed by atoms with E-state index in [2.05, 4.69) is 15.0 Å². The van der Waals surface area contributed by atoms with E-state index in [4.69, 9.17) is 16.3 Å². The summed E-state index contributed by atoms with van der Waals surface area (Å²) in [6, 6.07) is 2.91. The van der Waals surface area contributed by atoms with E-state index >= 15 is 0 Å². The van der Waals surface area contributed by atoms with Crippen molar-refractivity contribution < 1.29 is 9.13 Å². The second-order valence-corrected chi connectivity index (χ2v) is 4.13. The second-order valence-electron chi connectivity index (χ2n) is 3.77. The number of aromatic nitrogens is 4. The van der Waals surface area contributed by atoms with Gasteiger partial charge in [0.25, 0.3) is 0 Å². The van der Waals surface area contributed by atoms with Crippen molar-refractivity contribution in [2.45, 2.75) is 0 Å². The van der Waals surface area contributed by atoms with Crippen molar-refractivity contribution in [2.24, 2.45) is 0 Å². The molecule has 0 atom stereocenters. The van der Waals surface area contributed by atoms with Gasteiger partial charge in [-0.15, -0.1) is 0 Å². The molecule has 0 aliphatic heterocycles. The molecule has 0 saturated heterocycles. The molecule has 5 nitrogen and oxygen atoms in total. The molecule has 0 saturated carbocycles. The van der Waals surface area contributed by atoms with Gasteiger partial charge in [-0.3, -0.25) is 4.40 Å². The highest BCUT2D eigenvalue weighted by molar-refractivity contribution is 6.30. The predicted molar refractivity (Wildman–Crippen MR) is 67.7 cm³/mol. The zero-order chi connectivity index (χ0) is 13.4. The molecule has 3 rings (SSSR count). The Kier molecular flexibility index (Phi) is 2.79. The Labute approximate surface area is 112 Å². The Morgan fingerprint density at radius 1 is 1.26 bits per heavy atom. The number of hydrogen-bond donors (Lipinski definition) is 0. The third kappa shape index (κ3) is 2.00. The molecular weight excluding hydrogens is 271 g/mol. The first-order valence-electron chi connectivity index (χ1n) is 5.38. The number of methoxy groups -OCH3 is 1. The number of fused-ring (bicyclic) bond motifs is 1. The van der Waals surface area contributed by atoms with Gasteiger partial charge in [-0.05, 0) is 12.1 Å². The minimum atomic E-state index is -0.369. The quantitative estimate of drug-likeness (QED) is 0.676. The predicted octanol–water partition coefficient (Wildman–Crippen LogP) is 2.59. The zero-order valence-electron chi connectivity index (χ0n) is 9.84. The molecule has 0 aliphatic rings. The van der Waals surface area contributed by atoms with E-state index < -0.39 is 0 Å². The number of imidazole rings is 1. The van der Waals surface area contributed by atoms with Crippen LogP contribution in [-0.2, 0) is 0 Å². The topological polar surface area (TPSA) is 52.3 Å². The van der Waals surface area contributed by atoms with Gasteiger partial charge in [-0.25, -0.2) is 19.3 Å². The van der Waals surface area contributed by atoms with Crippen LogP contribution in [-0.4, -0.2) is 26.5 Å². The molecule has 3 aromatic heterocycles. The number of rotatable bonds is 2. The lowest BCUT2D eigenvalue weighted by Crippen LogP contribution is -1.96. The number of pyridine rings is 1. The monoisotopic (exact) mass is 278 g/mol. The smallest absolute Gasteiger partial charge is 0.179 e. The van der Waals surface area contributed by atoms with Crippen LogP contribution in [0.5, 0.6) is 5.75 Å². The van der Waals surface area contributed by atoms with Gasteiger partial charge in [-0.1, -0.05) is 11.6 Å². The summed E-state index contributed by atoms with van der Waals surface area (Å²) in [5, 5.41) is 0.193. The van der Waals surface area contributed by atoms with E-state index in [0.717, 1.165) is 0 Å². The molecule has 0 amide bonds. The Hall–Kier alpha value is -2.21. The van der Waals surface area contributed by atoms with Crippen LogP contribution in [0.25, 0.3) is 17.2 Å². The van der Waals surface area contributed by atoms with Gasteiger partial charge in [-0.2, -0.15) is 0 Å². The number of nitrogens with zero attached hydrogens (tertiary/aromatic N) is 4. The van der Waals surface area contributed by atoms with E-state index in [9.17, 15) is 4.39 Å². The summed E-state index contributed by atoms with van der Waals surface area (Å²) in [6.07, 6.45) is 4.34. The minimum Gasteiger partial charge on any atom is -0.492 e. The lowest BCUT2D eigenvalue weighted by molar-refractivity contribution is 0.411. The van der Waals surface area contributed by atoms with Crippen molar-refractivity contribution in [1.29, 1.82) is 0 Å². The molecule has 0 bridgehead atoms. The van der Waals surface area contributed by atoms with Crippen LogP contribution in [0, 0.1) is 5.82 Å². The highest BCUT2D eigenvalue weighted by Crippen LogP contribution is 2.24. The largest absolute Gasteiger partial charge is 0.492 e. The van der Waals surface area contributed by atoms with Gasteiger partial charge in [0, 0.05) is 6.20 Å². The summed E-state index contributed by atoms with van der Waals surface area (Å²) in [4.78, 5) is 12.4. The third-order valence-corrected chi connectivity index (χ3v) is 2.90. The summed E-state index contributed by atoms with van der Waals surface area (Å²) in [7, 11) is 1.48. The maximum absolute atomic E-state index is 13.3. The summed E-state index contributed by atoms with van der Waals surface area (Å²) >= 11 is 5.95. The van der Waals surface area contributed by atoms with E-state index in [0.29, 0.717) is 22.9 Å². The van der Waals surface area contributed by atoms with Crippen molar-refractivity contribution in [3.63, 3.8) is 0 Å². The van der Waals surface area contributed by atoms with Gasteiger partial charge in [0.05, 0.1) is 19.5 Å². The highest BCUT2D eigenvalue weighted by atomic mass is 35.5. The maximum atomic E-state index is 13.3. The van der Waals surface area contributed by atoms with Gasteiger partial charge in [0.2, 0.25) is 0 Å². The number of halogens is 2. The van der Waals surface area contributed by atoms with Crippen LogP contribution in [0.2, 0.25) is 5.15 Å². The number of hydrogen-bond acceptors (Lipinski definition) is 4. The summed E-state index contributed by atoms with van der Waals surface area (Å²) < 4.78 is 19.8. The van der Waals surface area contributed by atoms with E-state index in [1.54, 1.807) is 16.7 Å². The lowest BCUT2D eigenvalue weighted by atomic mass is 10.4. The van der Waals surface area contributed by atoms with Crippen LogP contribution in [0.3, 0.4) is 0 Å². The first-order valence-corrected chi connectivity index (χ1v) is 5.76. The van der Waals surface area contributed by atoms with Crippen LogP contribution < -0.4 is 4.74 Å². The van der Waals surface area contributed by atoms with E-state index in [1.165, 1.54) is 25.6 Å². The molecule has 7 heteroatoms. The fraction of sp³-hybridized carbons (Fsp3) is 0.0833. The molecule has 3 aromatic rings. The van der Waals surface area contributed by atoms with Gasteiger partial charge >= 0.3 is 0 Å². The first kappa shape index (κ1) is 11.9. The Morgan fingerprint density at radius 3 is 2.84 bits per heavy atom. The van der Waals surface area contributed by atoms with Gasteiger partial charge in [0.15, 0.2) is 16.7 Å². The highest BCUT2D eigenvalue weighted by Gasteiger charge is 2.12. The maximum Gasteiger partial charge on any atom is 0.179 e. The molecule has 0 radical (unpaired) electrons. The van der Waals surface area contributed by atoms with Crippen LogP contribution >= 0.6 is 11.6 Å². The van der Waals surface area contributed by atoms with E-state index in [-0.39, 0.29) is 11.0 Å². The van der Waals surface area contributed by atoms with Crippen molar-refractivity contribution in [1.82, 2.24) is 19.4 Å². The zero-order valence-corrected chi connectivity index (χ0v) is 10.6. The lowest BCUT2D eigenvalue weighted by Gasteiger charge is -2.04. The SMILES string of the molecule is COc1cnc(-c2cnc3ccc(F)cn23)nc1Cl. The van der Waals surface area contributed by atoms with Gasteiger partial charge < -0.3 is 4.74 Å². The Morgan fingerprint density at radius 2 is 2.11 bits per heavy atom. The molecule has 0 aromatic carbocycles. The molecular formula is C12H8ClFN4O. The summed E-state index contributed by atoms with van der Waals surface area (Å²) in [6.45, 7) is 0.